The first-order valence-corrected chi connectivity index (χ1v) is 9.84. The summed E-state index contributed by atoms with van der Waals surface area (Å²) < 4.78 is 0. The Bertz CT molecular complexity index is 1030. The van der Waals surface area contributed by atoms with Gasteiger partial charge in [0.05, 0.1) is 0 Å². The van der Waals surface area contributed by atoms with Crippen molar-refractivity contribution in [3.8, 4) is 0 Å². The zero-order chi connectivity index (χ0) is 21.3. The first-order valence-electron chi connectivity index (χ1n) is 9.84. The summed E-state index contributed by atoms with van der Waals surface area (Å²) in [5.74, 6) is -1.32. The highest BCUT2D eigenvalue weighted by molar-refractivity contribution is 6.08. The number of hydrogen-bond donors (Lipinski definition) is 3. The van der Waals surface area contributed by atoms with Gasteiger partial charge in [-0.1, -0.05) is 12.1 Å². The number of carbonyl (C=O) groups is 4. The lowest BCUT2D eigenvalue weighted by molar-refractivity contribution is -0.136. The van der Waals surface area contributed by atoms with Crippen LogP contribution in [0.4, 0.5) is 5.69 Å². The zero-order valence-electron chi connectivity index (χ0n) is 16.3. The van der Waals surface area contributed by atoms with Gasteiger partial charge >= 0.3 is 0 Å². The van der Waals surface area contributed by atoms with Gasteiger partial charge in [-0.2, -0.15) is 0 Å². The molecule has 4 rings (SSSR count). The van der Waals surface area contributed by atoms with Crippen LogP contribution >= 0.6 is 0 Å². The molecule has 2 aliphatic rings. The highest BCUT2D eigenvalue weighted by atomic mass is 16.2. The van der Waals surface area contributed by atoms with Crippen LogP contribution in [0.25, 0.3) is 0 Å². The third-order valence-electron chi connectivity index (χ3n) is 5.43. The van der Waals surface area contributed by atoms with Gasteiger partial charge in [0.1, 0.15) is 6.04 Å². The molecule has 2 aromatic rings. The monoisotopic (exact) mass is 406 g/mol. The molecule has 0 bridgehead atoms. The molecule has 0 saturated carbocycles. The summed E-state index contributed by atoms with van der Waals surface area (Å²) in [6.45, 7) is 0.796. The minimum Gasteiger partial charge on any atom is -0.330 e. The maximum absolute atomic E-state index is 12.7. The van der Waals surface area contributed by atoms with Gasteiger partial charge in [-0.3, -0.25) is 24.5 Å². The van der Waals surface area contributed by atoms with Gasteiger partial charge in [0, 0.05) is 29.8 Å². The molecule has 8 heteroatoms. The highest BCUT2D eigenvalue weighted by Gasteiger charge is 2.39. The Hall–Kier alpha value is -3.52. The Morgan fingerprint density at radius 3 is 2.60 bits per heavy atom. The fourth-order valence-corrected chi connectivity index (χ4v) is 3.84. The van der Waals surface area contributed by atoms with Crippen LogP contribution in [0.5, 0.6) is 0 Å². The van der Waals surface area contributed by atoms with Crippen LogP contribution in [0, 0.1) is 0 Å². The molecule has 0 spiro atoms. The average Bonchev–Trinajstić information content (AvgIpc) is 3.05. The van der Waals surface area contributed by atoms with E-state index in [0.29, 0.717) is 35.3 Å². The van der Waals surface area contributed by atoms with Gasteiger partial charge in [-0.15, -0.1) is 0 Å². The van der Waals surface area contributed by atoms with E-state index in [9.17, 15) is 19.2 Å². The molecule has 0 aromatic heterocycles. The standard InChI is InChI=1S/C22H22N4O4/c23-10-9-13-1-4-16(5-2-13)24-20(28)14-3-6-17-15(11-14)12-26(22(17)30)18-7-8-19(27)25-21(18)29/h1-6,11,18H,7-10,12,23H2,(H,24,28)(H,25,27,29). The maximum Gasteiger partial charge on any atom is 0.255 e. The van der Waals surface area contributed by atoms with Crippen LogP contribution in [0.15, 0.2) is 42.5 Å². The number of carbonyl (C=O) groups excluding carboxylic acids is 4. The summed E-state index contributed by atoms with van der Waals surface area (Å²) in [5.41, 5.74) is 8.91. The van der Waals surface area contributed by atoms with Gasteiger partial charge < -0.3 is 16.0 Å². The number of nitrogens with zero attached hydrogens (tertiary/aromatic N) is 1. The molecule has 2 heterocycles. The number of fused-ring (bicyclic) bond motifs is 1. The Morgan fingerprint density at radius 2 is 1.90 bits per heavy atom. The van der Waals surface area contributed by atoms with E-state index >= 15 is 0 Å². The average molecular weight is 406 g/mol. The summed E-state index contributed by atoms with van der Waals surface area (Å²) in [7, 11) is 0. The molecular formula is C22H22N4O4. The quantitative estimate of drug-likeness (QED) is 0.644. The second-order valence-electron chi connectivity index (χ2n) is 7.46. The van der Waals surface area contributed by atoms with Crippen LogP contribution < -0.4 is 16.4 Å². The van der Waals surface area contributed by atoms with Gasteiger partial charge in [-0.05, 0) is 60.8 Å². The van der Waals surface area contributed by atoms with E-state index in [1.807, 2.05) is 24.3 Å². The number of anilines is 1. The lowest BCUT2D eigenvalue weighted by Gasteiger charge is -2.29. The fraction of sp³-hybridized carbons (Fsp3) is 0.273. The molecule has 0 radical (unpaired) electrons. The molecule has 8 nitrogen and oxygen atoms in total. The number of rotatable bonds is 5. The normalized spacial score (nSPS) is 18.2. The zero-order valence-corrected chi connectivity index (χ0v) is 16.3. The lowest BCUT2D eigenvalue weighted by Crippen LogP contribution is -2.52. The summed E-state index contributed by atoms with van der Waals surface area (Å²) in [5, 5.41) is 5.13. The molecule has 2 aliphatic heterocycles. The van der Waals surface area contributed by atoms with Crippen LogP contribution in [0.1, 0.15) is 44.7 Å². The molecule has 1 saturated heterocycles. The van der Waals surface area contributed by atoms with Crippen LogP contribution in [-0.2, 0) is 22.6 Å². The predicted octanol–water partition coefficient (Wildman–Crippen LogP) is 1.20. The predicted molar refractivity (Wildman–Crippen MR) is 110 cm³/mol. The smallest absolute Gasteiger partial charge is 0.255 e. The van der Waals surface area contributed by atoms with Crippen LogP contribution in [0.2, 0.25) is 0 Å². The first kappa shape index (κ1) is 19.8. The third-order valence-corrected chi connectivity index (χ3v) is 5.43. The van der Waals surface area contributed by atoms with Crippen molar-refractivity contribution in [2.24, 2.45) is 5.73 Å². The molecule has 154 valence electrons. The second kappa shape index (κ2) is 8.08. The van der Waals surface area contributed by atoms with Crippen LogP contribution in [0.3, 0.4) is 0 Å². The number of imide groups is 1. The molecule has 4 N–H and O–H groups in total. The van der Waals surface area contributed by atoms with Crippen molar-refractivity contribution in [3.63, 3.8) is 0 Å². The molecule has 1 fully saturated rings. The maximum atomic E-state index is 12.7. The number of piperidine rings is 1. The van der Waals surface area contributed by atoms with E-state index in [2.05, 4.69) is 10.6 Å². The summed E-state index contributed by atoms with van der Waals surface area (Å²) in [6.07, 6.45) is 1.28. The molecule has 4 amide bonds. The summed E-state index contributed by atoms with van der Waals surface area (Å²) in [4.78, 5) is 50.3. The fourth-order valence-electron chi connectivity index (χ4n) is 3.84. The van der Waals surface area contributed by atoms with E-state index in [-0.39, 0.29) is 30.7 Å². The van der Waals surface area contributed by atoms with Crippen molar-refractivity contribution in [2.75, 3.05) is 11.9 Å². The Morgan fingerprint density at radius 1 is 1.13 bits per heavy atom. The van der Waals surface area contributed by atoms with E-state index in [4.69, 9.17) is 5.73 Å². The minimum absolute atomic E-state index is 0.203. The number of benzene rings is 2. The summed E-state index contributed by atoms with van der Waals surface area (Å²) >= 11 is 0. The van der Waals surface area contributed by atoms with Crippen LogP contribution in [-0.4, -0.2) is 41.1 Å². The van der Waals surface area contributed by atoms with E-state index in [0.717, 1.165) is 12.0 Å². The Balaban J connectivity index is 1.47. The first-order chi connectivity index (χ1) is 14.5. The molecule has 2 aromatic carbocycles. The molecule has 0 aliphatic carbocycles. The van der Waals surface area contributed by atoms with Crippen molar-refractivity contribution in [3.05, 3.63) is 64.7 Å². The number of nitrogens with one attached hydrogen (secondary N) is 2. The Kier molecular flexibility index (Phi) is 5.33. The van der Waals surface area contributed by atoms with Crippen molar-refractivity contribution < 1.29 is 19.2 Å². The summed E-state index contributed by atoms with van der Waals surface area (Å²) in [6, 6.07) is 11.7. The molecular weight excluding hydrogens is 384 g/mol. The lowest BCUT2D eigenvalue weighted by atomic mass is 10.0. The van der Waals surface area contributed by atoms with Crippen molar-refractivity contribution in [1.29, 1.82) is 0 Å². The molecule has 1 atom stereocenters. The van der Waals surface area contributed by atoms with E-state index < -0.39 is 11.9 Å². The highest BCUT2D eigenvalue weighted by Crippen LogP contribution is 2.28. The SMILES string of the molecule is NCCc1ccc(NC(=O)c2ccc3c(c2)CN(C2CCC(=O)NC2=O)C3=O)cc1. The van der Waals surface area contributed by atoms with Gasteiger partial charge in [-0.25, -0.2) is 0 Å². The largest absolute Gasteiger partial charge is 0.330 e. The van der Waals surface area contributed by atoms with Gasteiger partial charge in [0.25, 0.3) is 11.8 Å². The molecule has 1 unspecified atom stereocenters. The van der Waals surface area contributed by atoms with E-state index in [1.54, 1.807) is 18.2 Å². The molecule has 30 heavy (non-hydrogen) atoms. The van der Waals surface area contributed by atoms with Crippen molar-refractivity contribution in [2.45, 2.75) is 31.8 Å². The number of amides is 4. The number of hydrogen-bond acceptors (Lipinski definition) is 5. The Labute approximate surface area is 173 Å². The van der Waals surface area contributed by atoms with Crippen molar-refractivity contribution in [1.82, 2.24) is 10.2 Å². The number of nitrogens with two attached hydrogens (primary N) is 1. The van der Waals surface area contributed by atoms with Gasteiger partial charge in [0.2, 0.25) is 11.8 Å². The second-order valence-corrected chi connectivity index (χ2v) is 7.46. The minimum atomic E-state index is -0.674. The van der Waals surface area contributed by atoms with Crippen molar-refractivity contribution >= 4 is 29.3 Å². The van der Waals surface area contributed by atoms with E-state index in [1.165, 1.54) is 4.90 Å². The third kappa shape index (κ3) is 3.81. The van der Waals surface area contributed by atoms with Gasteiger partial charge in [0.15, 0.2) is 0 Å². The topological polar surface area (TPSA) is 122 Å².